The molecule has 3 heteroatoms. The normalized spacial score (nSPS) is 10.8. The zero-order valence-corrected chi connectivity index (χ0v) is 11.4. The first-order valence-electron chi connectivity index (χ1n) is 6.20. The van der Waals surface area contributed by atoms with Gasteiger partial charge in [0.15, 0.2) is 0 Å². The van der Waals surface area contributed by atoms with E-state index < -0.39 is 0 Å². The fraction of sp³-hybridized carbons (Fsp3) is 0.125. The lowest BCUT2D eigenvalue weighted by atomic mass is 10.2. The van der Waals surface area contributed by atoms with Crippen LogP contribution in [0.25, 0.3) is 11.0 Å². The number of hydrogen-bond acceptors (Lipinski definition) is 2. The van der Waals surface area contributed by atoms with Crippen molar-refractivity contribution in [3.63, 3.8) is 0 Å². The Morgan fingerprint density at radius 1 is 1.11 bits per heavy atom. The van der Waals surface area contributed by atoms with Gasteiger partial charge in [-0.05, 0) is 36.8 Å². The van der Waals surface area contributed by atoms with Crippen molar-refractivity contribution >= 4 is 28.3 Å². The monoisotopic (exact) mass is 271 g/mol. The van der Waals surface area contributed by atoms with Gasteiger partial charge in [0.05, 0.1) is 6.54 Å². The molecule has 0 unspecified atom stereocenters. The van der Waals surface area contributed by atoms with Crippen LogP contribution in [-0.2, 0) is 6.54 Å². The molecule has 0 spiro atoms. The molecule has 3 aromatic rings. The molecule has 3 rings (SSSR count). The minimum absolute atomic E-state index is 0.649. The molecule has 2 nitrogen and oxygen atoms in total. The number of halogens is 1. The summed E-state index contributed by atoms with van der Waals surface area (Å²) in [5, 5.41) is 5.25. The molecule has 1 aromatic heterocycles. The van der Waals surface area contributed by atoms with Crippen LogP contribution in [0.3, 0.4) is 0 Å². The summed E-state index contributed by atoms with van der Waals surface area (Å²) in [5.41, 5.74) is 3.01. The Balaban J connectivity index is 1.80. The second kappa shape index (κ2) is 4.98. The SMILES string of the molecule is Cc1c(Cl)cccc1NCc1cc2ccccc2o1. The lowest BCUT2D eigenvalue weighted by molar-refractivity contribution is 0.559. The van der Waals surface area contributed by atoms with E-state index in [1.54, 1.807) is 0 Å². The molecule has 0 radical (unpaired) electrons. The average molecular weight is 272 g/mol. The number of benzene rings is 2. The highest BCUT2D eigenvalue weighted by molar-refractivity contribution is 6.31. The highest BCUT2D eigenvalue weighted by Gasteiger charge is 2.05. The Morgan fingerprint density at radius 3 is 2.79 bits per heavy atom. The fourth-order valence-electron chi connectivity index (χ4n) is 2.11. The number of fused-ring (bicyclic) bond motifs is 1. The minimum atomic E-state index is 0.649. The van der Waals surface area contributed by atoms with Gasteiger partial charge in [0.2, 0.25) is 0 Å². The lowest BCUT2D eigenvalue weighted by Crippen LogP contribution is -1.99. The first-order chi connectivity index (χ1) is 9.24. The molecule has 0 bridgehead atoms. The van der Waals surface area contributed by atoms with E-state index in [9.17, 15) is 0 Å². The largest absolute Gasteiger partial charge is 0.459 e. The Labute approximate surface area is 117 Å². The third-order valence-corrected chi connectivity index (χ3v) is 3.61. The van der Waals surface area contributed by atoms with Crippen molar-refractivity contribution in [1.82, 2.24) is 0 Å². The highest BCUT2D eigenvalue weighted by Crippen LogP contribution is 2.24. The van der Waals surface area contributed by atoms with Crippen molar-refractivity contribution < 1.29 is 4.42 Å². The van der Waals surface area contributed by atoms with Gasteiger partial charge in [0, 0.05) is 16.1 Å². The van der Waals surface area contributed by atoms with E-state index in [2.05, 4.69) is 11.4 Å². The van der Waals surface area contributed by atoms with E-state index in [1.165, 1.54) is 0 Å². The first-order valence-corrected chi connectivity index (χ1v) is 6.58. The van der Waals surface area contributed by atoms with E-state index in [0.717, 1.165) is 33.0 Å². The van der Waals surface area contributed by atoms with Crippen LogP contribution in [0.4, 0.5) is 5.69 Å². The average Bonchev–Trinajstić information content (AvgIpc) is 2.83. The van der Waals surface area contributed by atoms with Crippen molar-refractivity contribution in [2.24, 2.45) is 0 Å². The van der Waals surface area contributed by atoms with Crippen LogP contribution in [0.2, 0.25) is 5.02 Å². The number of nitrogens with one attached hydrogen (secondary N) is 1. The van der Waals surface area contributed by atoms with Crippen molar-refractivity contribution in [3.8, 4) is 0 Å². The van der Waals surface area contributed by atoms with E-state index in [4.69, 9.17) is 16.0 Å². The number of hydrogen-bond donors (Lipinski definition) is 1. The van der Waals surface area contributed by atoms with Crippen LogP contribution in [-0.4, -0.2) is 0 Å². The van der Waals surface area contributed by atoms with Crippen molar-refractivity contribution in [2.45, 2.75) is 13.5 Å². The minimum Gasteiger partial charge on any atom is -0.459 e. The molecule has 0 fully saturated rings. The predicted molar refractivity (Wildman–Crippen MR) is 79.7 cm³/mol. The first kappa shape index (κ1) is 12.1. The molecule has 0 aliphatic rings. The van der Waals surface area contributed by atoms with Crippen LogP contribution in [0.5, 0.6) is 0 Å². The fourth-order valence-corrected chi connectivity index (χ4v) is 2.28. The van der Waals surface area contributed by atoms with Gasteiger partial charge < -0.3 is 9.73 Å². The van der Waals surface area contributed by atoms with Crippen LogP contribution < -0.4 is 5.32 Å². The third kappa shape index (κ3) is 2.45. The van der Waals surface area contributed by atoms with Gasteiger partial charge >= 0.3 is 0 Å². The summed E-state index contributed by atoms with van der Waals surface area (Å²) in [4.78, 5) is 0. The van der Waals surface area contributed by atoms with E-state index in [-0.39, 0.29) is 0 Å². The zero-order chi connectivity index (χ0) is 13.2. The summed E-state index contributed by atoms with van der Waals surface area (Å²) in [5.74, 6) is 0.917. The summed E-state index contributed by atoms with van der Waals surface area (Å²) in [6.07, 6.45) is 0. The summed E-state index contributed by atoms with van der Waals surface area (Å²) in [6.45, 7) is 2.65. The smallest absolute Gasteiger partial charge is 0.134 e. The number of rotatable bonds is 3. The van der Waals surface area contributed by atoms with Gasteiger partial charge in [-0.2, -0.15) is 0 Å². The van der Waals surface area contributed by atoms with Gasteiger partial charge in [0.25, 0.3) is 0 Å². The summed E-state index contributed by atoms with van der Waals surface area (Å²) in [6, 6.07) is 15.9. The maximum Gasteiger partial charge on any atom is 0.134 e. The Bertz CT molecular complexity index is 685. The number of anilines is 1. The molecule has 1 heterocycles. The number of furan rings is 1. The van der Waals surface area contributed by atoms with Gasteiger partial charge in [-0.3, -0.25) is 0 Å². The van der Waals surface area contributed by atoms with Crippen molar-refractivity contribution in [2.75, 3.05) is 5.32 Å². The molecule has 2 aromatic carbocycles. The van der Waals surface area contributed by atoms with Crippen LogP contribution in [0, 0.1) is 6.92 Å². The van der Waals surface area contributed by atoms with Crippen molar-refractivity contribution in [3.05, 3.63) is 64.9 Å². The van der Waals surface area contributed by atoms with E-state index >= 15 is 0 Å². The van der Waals surface area contributed by atoms with Crippen LogP contribution >= 0.6 is 11.6 Å². The number of para-hydroxylation sites is 1. The Kier molecular flexibility index (Phi) is 3.18. The molecule has 96 valence electrons. The molecule has 0 aliphatic carbocycles. The van der Waals surface area contributed by atoms with Gasteiger partial charge in [-0.15, -0.1) is 0 Å². The summed E-state index contributed by atoms with van der Waals surface area (Å²) >= 11 is 6.10. The topological polar surface area (TPSA) is 25.2 Å². The van der Waals surface area contributed by atoms with Crippen LogP contribution in [0.1, 0.15) is 11.3 Å². The van der Waals surface area contributed by atoms with Crippen LogP contribution in [0.15, 0.2) is 52.9 Å². The lowest BCUT2D eigenvalue weighted by Gasteiger charge is -2.08. The summed E-state index contributed by atoms with van der Waals surface area (Å²) < 4.78 is 5.76. The van der Waals surface area contributed by atoms with Crippen molar-refractivity contribution in [1.29, 1.82) is 0 Å². The molecule has 0 atom stereocenters. The quantitative estimate of drug-likeness (QED) is 0.725. The van der Waals surface area contributed by atoms with E-state index in [0.29, 0.717) is 6.54 Å². The maximum absolute atomic E-state index is 6.10. The molecular weight excluding hydrogens is 258 g/mol. The second-order valence-electron chi connectivity index (χ2n) is 4.52. The zero-order valence-electron chi connectivity index (χ0n) is 10.6. The van der Waals surface area contributed by atoms with E-state index in [1.807, 2.05) is 49.4 Å². The molecule has 0 saturated carbocycles. The van der Waals surface area contributed by atoms with Gasteiger partial charge in [0.1, 0.15) is 11.3 Å². The Morgan fingerprint density at radius 2 is 1.95 bits per heavy atom. The standard InChI is InChI=1S/C16H14ClNO/c1-11-14(17)6-4-7-15(11)18-10-13-9-12-5-2-3-8-16(12)19-13/h2-9,18H,10H2,1H3. The molecule has 1 N–H and O–H groups in total. The Hall–Kier alpha value is -1.93. The molecular formula is C16H14ClNO. The van der Waals surface area contributed by atoms with Gasteiger partial charge in [-0.1, -0.05) is 35.9 Å². The highest BCUT2D eigenvalue weighted by atomic mass is 35.5. The third-order valence-electron chi connectivity index (χ3n) is 3.20. The maximum atomic E-state index is 6.10. The molecule has 19 heavy (non-hydrogen) atoms. The molecule has 0 aliphatic heterocycles. The molecule has 0 amide bonds. The predicted octanol–water partition coefficient (Wildman–Crippen LogP) is 5.01. The molecule has 0 saturated heterocycles. The second-order valence-corrected chi connectivity index (χ2v) is 4.92. The van der Waals surface area contributed by atoms with Gasteiger partial charge in [-0.25, -0.2) is 0 Å². The summed E-state index contributed by atoms with van der Waals surface area (Å²) in [7, 11) is 0.